The van der Waals surface area contributed by atoms with Crippen molar-refractivity contribution in [3.8, 4) is 5.75 Å². The zero-order chi connectivity index (χ0) is 16.1. The zero-order valence-electron chi connectivity index (χ0n) is 12.4. The Bertz CT molecular complexity index is 645. The van der Waals surface area contributed by atoms with Crippen LogP contribution in [0.15, 0.2) is 48.5 Å². The highest BCUT2D eigenvalue weighted by Gasteiger charge is 2.19. The molecule has 0 aliphatic carbocycles. The van der Waals surface area contributed by atoms with E-state index in [4.69, 9.17) is 16.3 Å². The number of hydrogen-bond acceptors (Lipinski definition) is 2. The molecule has 1 unspecified atom stereocenters. The summed E-state index contributed by atoms with van der Waals surface area (Å²) in [5, 5.41) is 0.553. The van der Waals surface area contributed by atoms with E-state index in [1.165, 1.54) is 12.1 Å². The molecule has 5 heteroatoms. The highest BCUT2D eigenvalue weighted by Crippen LogP contribution is 2.19. The lowest BCUT2D eigenvalue weighted by Crippen LogP contribution is -2.37. The molecule has 0 aliphatic heterocycles. The third-order valence-corrected chi connectivity index (χ3v) is 3.40. The Hall–Kier alpha value is -2.07. The molecule has 22 heavy (non-hydrogen) atoms. The summed E-state index contributed by atoms with van der Waals surface area (Å²) < 4.78 is 18.5. The largest absolute Gasteiger partial charge is 0.481 e. The normalized spacial score (nSPS) is 11.8. The van der Waals surface area contributed by atoms with Gasteiger partial charge >= 0.3 is 0 Å². The second kappa shape index (κ2) is 7.27. The minimum absolute atomic E-state index is 0.163. The van der Waals surface area contributed by atoms with Crippen LogP contribution in [-0.2, 0) is 11.3 Å². The van der Waals surface area contributed by atoms with Crippen LogP contribution in [0.4, 0.5) is 4.39 Å². The Morgan fingerprint density at radius 1 is 1.27 bits per heavy atom. The highest BCUT2D eigenvalue weighted by atomic mass is 35.5. The summed E-state index contributed by atoms with van der Waals surface area (Å²) >= 11 is 5.88. The van der Waals surface area contributed by atoms with Crippen LogP contribution < -0.4 is 4.74 Å². The molecule has 0 bridgehead atoms. The number of amides is 1. The lowest BCUT2D eigenvalue weighted by atomic mass is 10.2. The lowest BCUT2D eigenvalue weighted by molar-refractivity contribution is -0.137. The molecule has 2 aromatic carbocycles. The highest BCUT2D eigenvalue weighted by molar-refractivity contribution is 6.30. The fraction of sp³-hybridized carbons (Fsp3) is 0.235. The van der Waals surface area contributed by atoms with Gasteiger partial charge in [-0.2, -0.15) is 0 Å². The Morgan fingerprint density at radius 2 is 1.95 bits per heavy atom. The fourth-order valence-corrected chi connectivity index (χ4v) is 2.23. The van der Waals surface area contributed by atoms with Crippen molar-refractivity contribution in [2.24, 2.45) is 0 Å². The van der Waals surface area contributed by atoms with Crippen LogP contribution >= 0.6 is 11.6 Å². The molecule has 0 saturated heterocycles. The molecule has 2 rings (SSSR count). The molecular formula is C17H17ClFNO2. The molecule has 3 nitrogen and oxygen atoms in total. The predicted octanol–water partition coefficient (Wildman–Crippen LogP) is 3.91. The van der Waals surface area contributed by atoms with Gasteiger partial charge in [-0.15, -0.1) is 0 Å². The van der Waals surface area contributed by atoms with Crippen molar-refractivity contribution < 1.29 is 13.9 Å². The quantitative estimate of drug-likeness (QED) is 0.835. The molecule has 0 aromatic heterocycles. The van der Waals surface area contributed by atoms with E-state index in [0.717, 1.165) is 5.56 Å². The molecule has 2 aromatic rings. The summed E-state index contributed by atoms with van der Waals surface area (Å²) in [6, 6.07) is 13.0. The van der Waals surface area contributed by atoms with E-state index in [0.29, 0.717) is 17.3 Å². The average Bonchev–Trinajstić information content (AvgIpc) is 2.48. The smallest absolute Gasteiger partial charge is 0.263 e. The van der Waals surface area contributed by atoms with Crippen LogP contribution in [-0.4, -0.2) is 24.0 Å². The van der Waals surface area contributed by atoms with Gasteiger partial charge in [-0.3, -0.25) is 4.79 Å². The Labute approximate surface area is 134 Å². The number of ether oxygens (including phenoxy) is 1. The van der Waals surface area contributed by atoms with E-state index in [1.54, 1.807) is 55.3 Å². The summed E-state index contributed by atoms with van der Waals surface area (Å²) in [6.45, 7) is 2.08. The SMILES string of the molecule is CC(Oc1cccc(Cl)c1)C(=O)N(C)Cc1ccc(F)cc1. The van der Waals surface area contributed by atoms with Gasteiger partial charge < -0.3 is 9.64 Å². The number of carbonyl (C=O) groups excluding carboxylic acids is 1. The van der Waals surface area contributed by atoms with Gasteiger partial charge in [-0.25, -0.2) is 4.39 Å². The predicted molar refractivity (Wildman–Crippen MR) is 84.4 cm³/mol. The molecule has 1 atom stereocenters. The van der Waals surface area contributed by atoms with Crippen molar-refractivity contribution in [3.05, 3.63) is 64.9 Å². The van der Waals surface area contributed by atoms with E-state index in [-0.39, 0.29) is 11.7 Å². The van der Waals surface area contributed by atoms with E-state index in [1.807, 2.05) is 0 Å². The van der Waals surface area contributed by atoms with Crippen molar-refractivity contribution in [2.45, 2.75) is 19.6 Å². The molecule has 0 N–H and O–H groups in total. The minimum Gasteiger partial charge on any atom is -0.481 e. The van der Waals surface area contributed by atoms with Crippen LogP contribution in [0.2, 0.25) is 5.02 Å². The summed E-state index contributed by atoms with van der Waals surface area (Å²) in [6.07, 6.45) is -0.635. The summed E-state index contributed by atoms with van der Waals surface area (Å²) in [5.74, 6) is 0.0863. The fourth-order valence-electron chi connectivity index (χ4n) is 2.05. The molecule has 0 heterocycles. The van der Waals surface area contributed by atoms with Crippen LogP contribution in [0, 0.1) is 5.82 Å². The van der Waals surface area contributed by atoms with Crippen molar-refractivity contribution in [3.63, 3.8) is 0 Å². The maximum absolute atomic E-state index is 12.9. The molecular weight excluding hydrogens is 305 g/mol. The molecule has 0 saturated carbocycles. The molecule has 0 aliphatic rings. The summed E-state index contributed by atoms with van der Waals surface area (Å²) in [7, 11) is 1.68. The van der Waals surface area contributed by atoms with Gasteiger partial charge in [0.2, 0.25) is 0 Å². The third kappa shape index (κ3) is 4.46. The topological polar surface area (TPSA) is 29.5 Å². The molecule has 0 fully saturated rings. The maximum Gasteiger partial charge on any atom is 0.263 e. The number of rotatable bonds is 5. The van der Waals surface area contributed by atoms with Crippen LogP contribution in [0.5, 0.6) is 5.75 Å². The second-order valence-electron chi connectivity index (χ2n) is 5.04. The maximum atomic E-state index is 12.9. The van der Waals surface area contributed by atoms with Crippen LogP contribution in [0.3, 0.4) is 0 Å². The Morgan fingerprint density at radius 3 is 2.59 bits per heavy atom. The van der Waals surface area contributed by atoms with Gasteiger partial charge in [0.1, 0.15) is 11.6 Å². The van der Waals surface area contributed by atoms with Crippen LogP contribution in [0.1, 0.15) is 12.5 Å². The van der Waals surface area contributed by atoms with Gasteiger partial charge in [0.05, 0.1) is 0 Å². The first kappa shape index (κ1) is 16.3. The lowest BCUT2D eigenvalue weighted by Gasteiger charge is -2.22. The summed E-state index contributed by atoms with van der Waals surface area (Å²) in [5.41, 5.74) is 0.854. The minimum atomic E-state index is -0.635. The number of nitrogens with zero attached hydrogens (tertiary/aromatic N) is 1. The van der Waals surface area contributed by atoms with E-state index in [9.17, 15) is 9.18 Å². The average molecular weight is 322 g/mol. The van der Waals surface area contributed by atoms with Crippen molar-refractivity contribution in [1.82, 2.24) is 4.90 Å². The molecule has 1 amide bonds. The van der Waals surface area contributed by atoms with Gasteiger partial charge in [-0.05, 0) is 42.8 Å². The van der Waals surface area contributed by atoms with Gasteiger partial charge in [0.15, 0.2) is 6.10 Å². The van der Waals surface area contributed by atoms with E-state index < -0.39 is 6.10 Å². The van der Waals surface area contributed by atoms with Crippen LogP contribution in [0.25, 0.3) is 0 Å². The number of halogens is 2. The van der Waals surface area contributed by atoms with Crippen molar-refractivity contribution in [2.75, 3.05) is 7.05 Å². The van der Waals surface area contributed by atoms with Gasteiger partial charge in [0.25, 0.3) is 5.91 Å². The standard InChI is InChI=1S/C17H17ClFNO2/c1-12(22-16-5-3-4-14(18)10-16)17(21)20(2)11-13-6-8-15(19)9-7-13/h3-10,12H,11H2,1-2H3. The zero-order valence-corrected chi connectivity index (χ0v) is 13.2. The van der Waals surface area contributed by atoms with Gasteiger partial charge in [-0.1, -0.05) is 29.8 Å². The third-order valence-electron chi connectivity index (χ3n) is 3.17. The van der Waals surface area contributed by atoms with Crippen molar-refractivity contribution in [1.29, 1.82) is 0 Å². The first-order valence-electron chi connectivity index (χ1n) is 6.87. The van der Waals surface area contributed by atoms with E-state index in [2.05, 4.69) is 0 Å². The molecule has 116 valence electrons. The number of benzene rings is 2. The molecule has 0 radical (unpaired) electrons. The Balaban J connectivity index is 1.96. The van der Waals surface area contributed by atoms with Crippen molar-refractivity contribution >= 4 is 17.5 Å². The monoisotopic (exact) mass is 321 g/mol. The summed E-state index contributed by atoms with van der Waals surface area (Å²) in [4.78, 5) is 13.8. The number of likely N-dealkylation sites (N-methyl/N-ethyl adjacent to an activating group) is 1. The number of carbonyl (C=O) groups is 1. The Kier molecular flexibility index (Phi) is 5.39. The second-order valence-corrected chi connectivity index (χ2v) is 5.47. The first-order valence-corrected chi connectivity index (χ1v) is 7.25. The molecule has 0 spiro atoms. The number of hydrogen-bond donors (Lipinski definition) is 0. The first-order chi connectivity index (χ1) is 10.5. The van der Waals surface area contributed by atoms with E-state index >= 15 is 0 Å². The van der Waals surface area contributed by atoms with Gasteiger partial charge in [0, 0.05) is 18.6 Å².